The molecule has 1 amide bonds. The summed E-state index contributed by atoms with van der Waals surface area (Å²) < 4.78 is 15.6. The van der Waals surface area contributed by atoms with Crippen molar-refractivity contribution < 1.29 is 33.4 Å². The van der Waals surface area contributed by atoms with E-state index in [0.29, 0.717) is 24.1 Å². The molecular formula is C22H22N2O7. The predicted octanol–water partition coefficient (Wildman–Crippen LogP) is 1.21. The highest BCUT2D eigenvalue weighted by Crippen LogP contribution is 2.56. The van der Waals surface area contributed by atoms with Crippen molar-refractivity contribution in [2.75, 3.05) is 25.2 Å². The molecule has 0 radical (unpaired) electrons. The summed E-state index contributed by atoms with van der Waals surface area (Å²) in [5, 5.41) is 0. The molecule has 1 spiro atoms. The maximum atomic E-state index is 14.0. The molecule has 0 saturated heterocycles. The molecule has 0 fully saturated rings. The Balaban J connectivity index is 2.05. The van der Waals surface area contributed by atoms with Crippen molar-refractivity contribution in [1.29, 1.82) is 0 Å². The molecule has 2 aliphatic heterocycles. The van der Waals surface area contributed by atoms with Crippen molar-refractivity contribution in [3.8, 4) is 0 Å². The Morgan fingerprint density at radius 3 is 2.68 bits per heavy atom. The lowest BCUT2D eigenvalue weighted by Crippen LogP contribution is -2.52. The molecule has 1 aromatic rings. The molecule has 9 heteroatoms. The molecule has 1 aromatic carbocycles. The van der Waals surface area contributed by atoms with E-state index in [4.69, 9.17) is 19.9 Å². The van der Waals surface area contributed by atoms with Crippen LogP contribution in [0.5, 0.6) is 0 Å². The molecule has 0 saturated carbocycles. The van der Waals surface area contributed by atoms with E-state index in [2.05, 4.69) is 0 Å². The largest absolute Gasteiger partial charge is 0.468 e. The first kappa shape index (κ1) is 20.6. The smallest absolute Gasteiger partial charge is 0.341 e. The summed E-state index contributed by atoms with van der Waals surface area (Å²) in [5.74, 6) is -2.46. The Morgan fingerprint density at radius 1 is 1.23 bits per heavy atom. The maximum Gasteiger partial charge on any atom is 0.341 e. The van der Waals surface area contributed by atoms with E-state index < -0.39 is 23.3 Å². The molecule has 31 heavy (non-hydrogen) atoms. The number of anilines is 1. The average Bonchev–Trinajstić information content (AvgIpc) is 2.97. The summed E-state index contributed by atoms with van der Waals surface area (Å²) in [6.45, 7) is 1.27. The summed E-state index contributed by atoms with van der Waals surface area (Å²) in [4.78, 5) is 53.5. The number of Topliss-reactive ketones (excluding diaryl/α,β-unsaturated/α-hetero) is 1. The Labute approximate surface area is 178 Å². The van der Waals surface area contributed by atoms with Gasteiger partial charge in [0.15, 0.2) is 5.78 Å². The molecule has 2 N–H and O–H groups in total. The van der Waals surface area contributed by atoms with Gasteiger partial charge in [-0.1, -0.05) is 18.2 Å². The number of hydrogen-bond donors (Lipinski definition) is 1. The summed E-state index contributed by atoms with van der Waals surface area (Å²) in [6.07, 6.45) is 1.13. The van der Waals surface area contributed by atoms with Crippen LogP contribution in [0, 0.1) is 0 Å². The predicted molar refractivity (Wildman–Crippen MR) is 107 cm³/mol. The number of carbonyl (C=O) groups excluding carboxylic acids is 4. The quantitative estimate of drug-likeness (QED) is 0.713. The fourth-order valence-corrected chi connectivity index (χ4v) is 4.57. The molecule has 0 aromatic heterocycles. The van der Waals surface area contributed by atoms with E-state index in [1.807, 2.05) is 0 Å². The number of carbonyl (C=O) groups is 4. The van der Waals surface area contributed by atoms with Crippen molar-refractivity contribution in [1.82, 2.24) is 0 Å². The number of benzene rings is 1. The lowest BCUT2D eigenvalue weighted by atomic mass is 9.64. The number of methoxy groups -OCH3 is 1. The second kappa shape index (κ2) is 7.57. The highest BCUT2D eigenvalue weighted by atomic mass is 16.5. The van der Waals surface area contributed by atoms with Crippen LogP contribution in [0.3, 0.4) is 0 Å². The number of nitrogens with zero attached hydrogens (tertiary/aromatic N) is 1. The zero-order valence-corrected chi connectivity index (χ0v) is 17.2. The normalized spacial score (nSPS) is 22.3. The van der Waals surface area contributed by atoms with Gasteiger partial charge in [0.05, 0.1) is 19.3 Å². The van der Waals surface area contributed by atoms with Crippen molar-refractivity contribution in [3.63, 3.8) is 0 Å². The average molecular weight is 426 g/mol. The van der Waals surface area contributed by atoms with Gasteiger partial charge in [-0.3, -0.25) is 19.3 Å². The van der Waals surface area contributed by atoms with Crippen molar-refractivity contribution >= 4 is 29.3 Å². The van der Waals surface area contributed by atoms with Gasteiger partial charge >= 0.3 is 11.9 Å². The van der Waals surface area contributed by atoms with E-state index >= 15 is 0 Å². The third-order valence-corrected chi connectivity index (χ3v) is 5.75. The van der Waals surface area contributed by atoms with Crippen molar-refractivity contribution in [2.45, 2.75) is 31.6 Å². The molecule has 2 heterocycles. The Hall–Kier alpha value is -3.62. The van der Waals surface area contributed by atoms with Crippen LogP contribution in [0.1, 0.15) is 31.7 Å². The fourth-order valence-electron chi connectivity index (χ4n) is 4.57. The molecule has 1 aliphatic carbocycles. The molecule has 1 atom stereocenters. The zero-order chi connectivity index (χ0) is 22.3. The minimum Gasteiger partial charge on any atom is -0.468 e. The van der Waals surface area contributed by atoms with Gasteiger partial charge in [-0.25, -0.2) is 4.79 Å². The standard InChI is InChI=1S/C22H22N2O7/c1-3-30-20(27)18-19(23)31-15-10-6-9-14(25)17(15)22(18)12-7-4-5-8-13(12)24(21(22)28)11-16(26)29-2/h4-5,7-8H,3,6,9-11,23H2,1-2H3/t22-/m0/s1. The monoisotopic (exact) mass is 426 g/mol. The number of fused-ring (bicyclic) bond motifs is 3. The van der Waals surface area contributed by atoms with Crippen molar-refractivity contribution in [3.05, 3.63) is 52.6 Å². The summed E-state index contributed by atoms with van der Waals surface area (Å²) in [6, 6.07) is 6.68. The van der Waals surface area contributed by atoms with Crippen LogP contribution in [0.25, 0.3) is 0 Å². The highest BCUT2D eigenvalue weighted by molar-refractivity contribution is 6.24. The third-order valence-electron chi connectivity index (χ3n) is 5.75. The molecule has 0 unspecified atom stereocenters. The van der Waals surface area contributed by atoms with E-state index in [1.54, 1.807) is 31.2 Å². The molecule has 162 valence electrons. The summed E-state index contributed by atoms with van der Waals surface area (Å²) >= 11 is 0. The number of esters is 2. The molecule has 9 nitrogen and oxygen atoms in total. The van der Waals surface area contributed by atoms with Gasteiger partial charge < -0.3 is 19.9 Å². The van der Waals surface area contributed by atoms with Crippen LogP contribution >= 0.6 is 0 Å². The second-order valence-corrected chi connectivity index (χ2v) is 7.37. The minimum atomic E-state index is -1.84. The molecule has 0 bridgehead atoms. The zero-order valence-electron chi connectivity index (χ0n) is 17.2. The van der Waals surface area contributed by atoms with Gasteiger partial charge in [-0.2, -0.15) is 0 Å². The first-order valence-electron chi connectivity index (χ1n) is 9.98. The van der Waals surface area contributed by atoms with Crippen LogP contribution in [0.15, 0.2) is 47.1 Å². The van der Waals surface area contributed by atoms with Crippen molar-refractivity contribution in [2.24, 2.45) is 5.73 Å². The van der Waals surface area contributed by atoms with Gasteiger partial charge in [0.25, 0.3) is 0 Å². The number of hydrogen-bond acceptors (Lipinski definition) is 8. The van der Waals surface area contributed by atoms with Gasteiger partial charge in [-0.05, 0) is 19.4 Å². The minimum absolute atomic E-state index is 0.0350. The lowest BCUT2D eigenvalue weighted by Gasteiger charge is -2.38. The Kier molecular flexibility index (Phi) is 5.04. The van der Waals surface area contributed by atoms with E-state index in [-0.39, 0.29) is 48.1 Å². The molecule has 4 rings (SSSR count). The fraction of sp³-hybridized carbons (Fsp3) is 0.364. The summed E-state index contributed by atoms with van der Waals surface area (Å²) in [7, 11) is 1.21. The van der Waals surface area contributed by atoms with Crippen LogP contribution in [0.2, 0.25) is 0 Å². The molecular weight excluding hydrogens is 404 g/mol. The number of nitrogens with two attached hydrogens (primary N) is 1. The van der Waals surface area contributed by atoms with E-state index in [9.17, 15) is 19.2 Å². The van der Waals surface area contributed by atoms with E-state index in [0.717, 1.165) is 0 Å². The van der Waals surface area contributed by atoms with Gasteiger partial charge in [0.1, 0.15) is 23.3 Å². The SMILES string of the molecule is CCOC(=O)C1=C(N)OC2=C(C(=O)CCC2)[C@]12C(=O)N(CC(=O)OC)c1ccccc12. The lowest BCUT2D eigenvalue weighted by molar-refractivity contribution is -0.141. The van der Waals surface area contributed by atoms with Gasteiger partial charge in [0.2, 0.25) is 11.8 Å². The number of amides is 1. The van der Waals surface area contributed by atoms with E-state index in [1.165, 1.54) is 12.0 Å². The number of rotatable bonds is 4. The topological polar surface area (TPSA) is 125 Å². The van der Waals surface area contributed by atoms with Crippen LogP contribution in [-0.2, 0) is 38.8 Å². The summed E-state index contributed by atoms with van der Waals surface area (Å²) in [5.41, 5.74) is 4.92. The Bertz CT molecular complexity index is 1070. The third kappa shape index (κ3) is 2.83. The Morgan fingerprint density at radius 2 is 1.97 bits per heavy atom. The first-order chi connectivity index (χ1) is 14.9. The van der Waals surface area contributed by atoms with Crippen LogP contribution < -0.4 is 10.6 Å². The number of ether oxygens (including phenoxy) is 3. The highest BCUT2D eigenvalue weighted by Gasteiger charge is 2.64. The van der Waals surface area contributed by atoms with Crippen LogP contribution in [0.4, 0.5) is 5.69 Å². The molecule has 3 aliphatic rings. The van der Waals surface area contributed by atoms with Gasteiger partial charge in [-0.15, -0.1) is 0 Å². The number of ketones is 1. The van der Waals surface area contributed by atoms with Gasteiger partial charge in [0, 0.05) is 24.1 Å². The number of para-hydroxylation sites is 1. The number of allylic oxidation sites excluding steroid dienone is 1. The maximum absolute atomic E-state index is 14.0. The van der Waals surface area contributed by atoms with Crippen LogP contribution in [-0.4, -0.2) is 43.9 Å². The second-order valence-electron chi connectivity index (χ2n) is 7.37. The first-order valence-corrected chi connectivity index (χ1v) is 9.98.